The number of phenols is 3. The molecule has 0 aliphatic heterocycles. The van der Waals surface area contributed by atoms with E-state index in [1.807, 2.05) is 0 Å². The van der Waals surface area contributed by atoms with Gasteiger partial charge < -0.3 is 15.3 Å². The second-order valence-electron chi connectivity index (χ2n) is 3.82. The average molecular weight is 279 g/mol. The van der Waals surface area contributed by atoms with Crippen LogP contribution in [0.25, 0.3) is 0 Å². The third-order valence-corrected chi connectivity index (χ3v) is 2.72. The molecule has 3 N–H and O–H groups in total. The van der Waals surface area contributed by atoms with Gasteiger partial charge in [0.15, 0.2) is 11.5 Å². The first-order valence-corrected chi connectivity index (χ1v) is 5.81. The molecule has 0 aliphatic rings. The molecular formula is C13H11ClN2O3. The Morgan fingerprint density at radius 2 is 1.58 bits per heavy atom. The molecular weight excluding hydrogens is 268 g/mol. The Hall–Kier alpha value is -2.27. The molecule has 19 heavy (non-hydrogen) atoms. The number of nitrogens with zero attached hydrogens (tertiary/aromatic N) is 2. The molecule has 0 amide bonds. The van der Waals surface area contributed by atoms with E-state index in [2.05, 4.69) is 10.2 Å². The molecule has 0 unspecified atom stereocenters. The Bertz CT molecular complexity index is 612. The molecule has 0 fully saturated rings. The second-order valence-corrected chi connectivity index (χ2v) is 4.25. The summed E-state index contributed by atoms with van der Waals surface area (Å²) >= 11 is 5.74. The molecule has 0 atom stereocenters. The van der Waals surface area contributed by atoms with Crippen LogP contribution in [0.4, 0.5) is 5.69 Å². The Morgan fingerprint density at radius 1 is 0.895 bits per heavy atom. The highest BCUT2D eigenvalue weighted by molar-refractivity contribution is 6.30. The van der Waals surface area contributed by atoms with E-state index in [4.69, 9.17) is 11.6 Å². The molecule has 6 heteroatoms. The van der Waals surface area contributed by atoms with Gasteiger partial charge in [-0.05, 0) is 36.4 Å². The van der Waals surface area contributed by atoms with Crippen molar-refractivity contribution in [3.63, 3.8) is 0 Å². The molecule has 5 nitrogen and oxygen atoms in total. The SMILES string of the molecule is Oc1ccc(CN=Nc2ccc(Cl)cc2)c(O)c1O. The fraction of sp³-hybridized carbons (Fsp3) is 0.0769. The highest BCUT2D eigenvalue weighted by Gasteiger charge is 2.10. The Balaban J connectivity index is 2.10. The quantitative estimate of drug-likeness (QED) is 0.590. The maximum Gasteiger partial charge on any atom is 0.200 e. The van der Waals surface area contributed by atoms with Crippen molar-refractivity contribution in [3.8, 4) is 17.2 Å². The van der Waals surface area contributed by atoms with Gasteiger partial charge in [0.25, 0.3) is 0 Å². The molecule has 0 spiro atoms. The Kier molecular flexibility index (Phi) is 3.87. The zero-order valence-electron chi connectivity index (χ0n) is 9.79. The van der Waals surface area contributed by atoms with Crippen LogP contribution >= 0.6 is 11.6 Å². The van der Waals surface area contributed by atoms with Crippen molar-refractivity contribution in [1.29, 1.82) is 0 Å². The van der Waals surface area contributed by atoms with Gasteiger partial charge >= 0.3 is 0 Å². The van der Waals surface area contributed by atoms with Gasteiger partial charge in [-0.15, -0.1) is 0 Å². The third kappa shape index (κ3) is 3.14. The summed E-state index contributed by atoms with van der Waals surface area (Å²) in [5.41, 5.74) is 1.000. The highest BCUT2D eigenvalue weighted by Crippen LogP contribution is 2.37. The van der Waals surface area contributed by atoms with E-state index in [0.29, 0.717) is 16.3 Å². The smallest absolute Gasteiger partial charge is 0.200 e. The van der Waals surface area contributed by atoms with E-state index in [1.54, 1.807) is 24.3 Å². The first-order valence-electron chi connectivity index (χ1n) is 5.44. The molecule has 0 saturated carbocycles. The van der Waals surface area contributed by atoms with Crippen molar-refractivity contribution in [1.82, 2.24) is 0 Å². The summed E-state index contributed by atoms with van der Waals surface area (Å²) in [5, 5.41) is 36.6. The molecule has 0 radical (unpaired) electrons. The maximum absolute atomic E-state index is 9.58. The molecule has 2 rings (SSSR count). The van der Waals surface area contributed by atoms with Crippen molar-refractivity contribution >= 4 is 17.3 Å². The second kappa shape index (κ2) is 5.58. The van der Waals surface area contributed by atoms with Crippen molar-refractivity contribution in [2.45, 2.75) is 6.54 Å². The first kappa shape index (κ1) is 13.2. The fourth-order valence-corrected chi connectivity index (χ4v) is 1.57. The molecule has 0 saturated heterocycles. The minimum Gasteiger partial charge on any atom is -0.504 e. The minimum absolute atomic E-state index is 0.0856. The number of aromatic hydroxyl groups is 3. The number of azo groups is 1. The van der Waals surface area contributed by atoms with Crippen molar-refractivity contribution < 1.29 is 15.3 Å². The molecule has 2 aromatic carbocycles. The van der Waals surface area contributed by atoms with Gasteiger partial charge in [-0.3, -0.25) is 0 Å². The lowest BCUT2D eigenvalue weighted by molar-refractivity contribution is 0.365. The predicted octanol–water partition coefficient (Wildman–Crippen LogP) is 3.74. The van der Waals surface area contributed by atoms with Crippen LogP contribution < -0.4 is 0 Å². The number of rotatable bonds is 3. The first-order chi connectivity index (χ1) is 9.08. The van der Waals surface area contributed by atoms with E-state index < -0.39 is 11.5 Å². The summed E-state index contributed by atoms with van der Waals surface area (Å²) < 4.78 is 0. The normalized spacial score (nSPS) is 11.0. The zero-order chi connectivity index (χ0) is 13.8. The summed E-state index contributed by atoms with van der Waals surface area (Å²) in [6.07, 6.45) is 0. The van der Waals surface area contributed by atoms with Crippen LogP contribution in [0.2, 0.25) is 5.02 Å². The van der Waals surface area contributed by atoms with Gasteiger partial charge in [-0.25, -0.2) is 0 Å². The molecule has 0 aliphatic carbocycles. The number of benzene rings is 2. The molecule has 0 bridgehead atoms. The van der Waals surface area contributed by atoms with E-state index in [1.165, 1.54) is 12.1 Å². The van der Waals surface area contributed by atoms with E-state index in [0.717, 1.165) is 0 Å². The van der Waals surface area contributed by atoms with Crippen LogP contribution in [0, 0.1) is 0 Å². The van der Waals surface area contributed by atoms with Gasteiger partial charge in [0.05, 0.1) is 12.2 Å². The molecule has 2 aromatic rings. The van der Waals surface area contributed by atoms with Crippen LogP contribution in [-0.2, 0) is 6.54 Å². The van der Waals surface area contributed by atoms with Crippen LogP contribution in [0.3, 0.4) is 0 Å². The monoisotopic (exact) mass is 278 g/mol. The van der Waals surface area contributed by atoms with E-state index >= 15 is 0 Å². The highest BCUT2D eigenvalue weighted by atomic mass is 35.5. The standard InChI is InChI=1S/C13H11ClN2O3/c14-9-2-4-10(5-3-9)16-15-7-8-1-6-11(17)13(19)12(8)18/h1-6,17-19H,7H2. The van der Waals surface area contributed by atoms with Gasteiger partial charge in [0, 0.05) is 10.6 Å². The summed E-state index contributed by atoms with van der Waals surface area (Å²) in [6.45, 7) is 0.0856. The lowest BCUT2D eigenvalue weighted by atomic mass is 10.2. The van der Waals surface area contributed by atoms with Crippen molar-refractivity contribution in [2.75, 3.05) is 0 Å². The topological polar surface area (TPSA) is 85.4 Å². The van der Waals surface area contributed by atoms with Crippen molar-refractivity contribution in [3.05, 3.63) is 47.0 Å². The average Bonchev–Trinajstić information content (AvgIpc) is 2.41. The molecule has 0 heterocycles. The molecule has 98 valence electrons. The van der Waals surface area contributed by atoms with Gasteiger partial charge in [-0.2, -0.15) is 10.2 Å². The van der Waals surface area contributed by atoms with Crippen molar-refractivity contribution in [2.24, 2.45) is 10.2 Å². The fourth-order valence-electron chi connectivity index (χ4n) is 1.44. The van der Waals surface area contributed by atoms with Crippen LogP contribution in [0.5, 0.6) is 17.2 Å². The number of phenolic OH excluding ortho intramolecular Hbond substituents is 3. The lowest BCUT2D eigenvalue weighted by Crippen LogP contribution is -1.83. The summed E-state index contributed by atoms with van der Waals surface area (Å²) in [6, 6.07) is 9.55. The summed E-state index contributed by atoms with van der Waals surface area (Å²) in [4.78, 5) is 0. The van der Waals surface area contributed by atoms with Crippen LogP contribution in [0.15, 0.2) is 46.6 Å². The third-order valence-electron chi connectivity index (χ3n) is 2.47. The summed E-state index contributed by atoms with van der Waals surface area (Å²) in [7, 11) is 0. The van der Waals surface area contributed by atoms with E-state index in [9.17, 15) is 15.3 Å². The maximum atomic E-state index is 9.58. The van der Waals surface area contributed by atoms with E-state index in [-0.39, 0.29) is 12.3 Å². The van der Waals surface area contributed by atoms with Gasteiger partial charge in [-0.1, -0.05) is 11.6 Å². The number of halogens is 1. The lowest BCUT2D eigenvalue weighted by Gasteiger charge is -2.04. The summed E-state index contributed by atoms with van der Waals surface area (Å²) in [5.74, 6) is -1.33. The minimum atomic E-state index is -0.556. The molecule has 0 aromatic heterocycles. The van der Waals surface area contributed by atoms with Gasteiger partial charge in [0.2, 0.25) is 5.75 Å². The Labute approximate surface area is 114 Å². The number of hydrogen-bond acceptors (Lipinski definition) is 5. The van der Waals surface area contributed by atoms with Crippen LogP contribution in [-0.4, -0.2) is 15.3 Å². The van der Waals surface area contributed by atoms with Gasteiger partial charge in [0.1, 0.15) is 0 Å². The number of hydrogen-bond donors (Lipinski definition) is 3. The Morgan fingerprint density at radius 3 is 2.26 bits per heavy atom. The van der Waals surface area contributed by atoms with Crippen LogP contribution in [0.1, 0.15) is 5.56 Å². The predicted molar refractivity (Wildman–Crippen MR) is 71.1 cm³/mol. The largest absolute Gasteiger partial charge is 0.504 e. The zero-order valence-corrected chi connectivity index (χ0v) is 10.5.